The maximum absolute atomic E-state index is 12.5. The van der Waals surface area contributed by atoms with E-state index in [9.17, 15) is 15.0 Å². The number of nitrogens with zero attached hydrogens (tertiary/aromatic N) is 2. The summed E-state index contributed by atoms with van der Waals surface area (Å²) < 4.78 is 0.339. The summed E-state index contributed by atoms with van der Waals surface area (Å²) in [7, 11) is 0. The molecular formula is C19H16N2O3S2. The monoisotopic (exact) mass is 384 g/mol. The van der Waals surface area contributed by atoms with Crippen molar-refractivity contribution in [1.82, 2.24) is 5.01 Å². The number of phenolic OH excluding ortho intramolecular Hbond substituents is 2. The molecule has 1 fully saturated rings. The Morgan fingerprint density at radius 3 is 2.46 bits per heavy atom. The predicted molar refractivity (Wildman–Crippen MR) is 108 cm³/mol. The number of phenols is 2. The van der Waals surface area contributed by atoms with Crippen LogP contribution in [0.4, 0.5) is 0 Å². The van der Waals surface area contributed by atoms with E-state index in [1.54, 1.807) is 12.1 Å². The van der Waals surface area contributed by atoms with E-state index < -0.39 is 0 Å². The largest absolute Gasteiger partial charge is 0.504 e. The van der Waals surface area contributed by atoms with Crippen LogP contribution in [0.3, 0.4) is 0 Å². The van der Waals surface area contributed by atoms with E-state index in [1.807, 2.05) is 24.3 Å². The SMILES string of the molecule is CCc1ccc(/C=C2/SC(=S)N(/N=C/c3ccc(O)c(O)c3)C2=O)cc1. The Hall–Kier alpha value is -2.64. The summed E-state index contributed by atoms with van der Waals surface area (Å²) in [6.07, 6.45) is 4.16. The Balaban J connectivity index is 1.78. The summed E-state index contributed by atoms with van der Waals surface area (Å²) in [5.41, 5.74) is 2.69. The van der Waals surface area contributed by atoms with Crippen molar-refractivity contribution in [2.24, 2.45) is 5.10 Å². The zero-order valence-corrected chi connectivity index (χ0v) is 15.5. The highest BCUT2D eigenvalue weighted by Crippen LogP contribution is 2.33. The van der Waals surface area contributed by atoms with Crippen LogP contribution in [0, 0.1) is 0 Å². The highest BCUT2D eigenvalue weighted by Gasteiger charge is 2.32. The number of benzene rings is 2. The fourth-order valence-corrected chi connectivity index (χ4v) is 3.48. The number of hydrazone groups is 1. The molecule has 26 heavy (non-hydrogen) atoms. The first-order chi connectivity index (χ1) is 12.5. The molecule has 0 aromatic heterocycles. The summed E-state index contributed by atoms with van der Waals surface area (Å²) in [6.45, 7) is 2.09. The highest BCUT2D eigenvalue weighted by molar-refractivity contribution is 8.26. The van der Waals surface area contributed by atoms with Gasteiger partial charge in [0.2, 0.25) is 0 Å². The van der Waals surface area contributed by atoms with Gasteiger partial charge in [-0.2, -0.15) is 10.1 Å². The van der Waals surface area contributed by atoms with Crippen molar-refractivity contribution in [2.75, 3.05) is 0 Å². The molecule has 1 amide bonds. The molecule has 2 aromatic carbocycles. The van der Waals surface area contributed by atoms with Crippen molar-refractivity contribution in [3.05, 3.63) is 64.1 Å². The molecule has 1 heterocycles. The number of carbonyl (C=O) groups excluding carboxylic acids is 1. The second-order valence-electron chi connectivity index (χ2n) is 5.58. The summed E-state index contributed by atoms with van der Waals surface area (Å²) in [5, 5.41) is 24.1. The van der Waals surface area contributed by atoms with Crippen LogP contribution in [0.1, 0.15) is 23.6 Å². The topological polar surface area (TPSA) is 73.1 Å². The number of aromatic hydroxyl groups is 2. The number of rotatable bonds is 4. The van der Waals surface area contributed by atoms with Crippen LogP contribution in [-0.4, -0.2) is 31.7 Å². The lowest BCUT2D eigenvalue weighted by atomic mass is 10.1. The minimum atomic E-state index is -0.293. The summed E-state index contributed by atoms with van der Waals surface area (Å²) >= 11 is 6.43. The lowest BCUT2D eigenvalue weighted by molar-refractivity contribution is -0.122. The Morgan fingerprint density at radius 1 is 1.12 bits per heavy atom. The molecular weight excluding hydrogens is 368 g/mol. The van der Waals surface area contributed by atoms with Gasteiger partial charge in [0.25, 0.3) is 5.91 Å². The molecule has 1 aliphatic heterocycles. The van der Waals surface area contributed by atoms with Gasteiger partial charge in [0, 0.05) is 0 Å². The van der Waals surface area contributed by atoms with Gasteiger partial charge in [-0.25, -0.2) is 0 Å². The van der Waals surface area contributed by atoms with Gasteiger partial charge in [-0.05, 0) is 59.6 Å². The number of hydrogen-bond donors (Lipinski definition) is 2. The normalized spacial score (nSPS) is 16.2. The van der Waals surface area contributed by atoms with Gasteiger partial charge in [-0.15, -0.1) is 0 Å². The van der Waals surface area contributed by atoms with Crippen LogP contribution in [0.2, 0.25) is 0 Å². The number of thiocarbonyl (C=S) groups is 1. The molecule has 2 N–H and O–H groups in total. The van der Waals surface area contributed by atoms with E-state index in [0.29, 0.717) is 14.8 Å². The minimum Gasteiger partial charge on any atom is -0.504 e. The van der Waals surface area contributed by atoms with Gasteiger partial charge in [0.05, 0.1) is 11.1 Å². The first kappa shape index (κ1) is 18.2. The number of thioether (sulfide) groups is 1. The third-order valence-electron chi connectivity index (χ3n) is 3.78. The van der Waals surface area contributed by atoms with Gasteiger partial charge in [-0.1, -0.05) is 43.0 Å². The molecule has 0 spiro atoms. The summed E-state index contributed by atoms with van der Waals surface area (Å²) in [6, 6.07) is 12.3. The van der Waals surface area contributed by atoms with Crippen LogP contribution >= 0.6 is 24.0 Å². The van der Waals surface area contributed by atoms with E-state index in [2.05, 4.69) is 12.0 Å². The fraction of sp³-hybridized carbons (Fsp3) is 0.105. The lowest BCUT2D eigenvalue weighted by Gasteiger charge is -2.06. The van der Waals surface area contributed by atoms with Crippen molar-refractivity contribution in [3.63, 3.8) is 0 Å². The van der Waals surface area contributed by atoms with Gasteiger partial charge >= 0.3 is 0 Å². The van der Waals surface area contributed by atoms with Gasteiger partial charge < -0.3 is 10.2 Å². The summed E-state index contributed by atoms with van der Waals surface area (Å²) in [4.78, 5) is 13.0. The lowest BCUT2D eigenvalue weighted by Crippen LogP contribution is -2.22. The van der Waals surface area contributed by atoms with E-state index in [-0.39, 0.29) is 17.4 Å². The Kier molecular flexibility index (Phi) is 5.39. The first-order valence-corrected chi connectivity index (χ1v) is 9.13. The molecule has 1 saturated heterocycles. The number of hydrogen-bond acceptors (Lipinski definition) is 6. The van der Waals surface area contributed by atoms with Crippen LogP contribution in [0.25, 0.3) is 6.08 Å². The molecule has 7 heteroatoms. The van der Waals surface area contributed by atoms with Gasteiger partial charge in [-0.3, -0.25) is 4.79 Å². The molecule has 1 aliphatic rings. The Bertz CT molecular complexity index is 921. The second-order valence-corrected chi connectivity index (χ2v) is 7.26. The molecule has 3 rings (SSSR count). The molecule has 0 aliphatic carbocycles. The van der Waals surface area contributed by atoms with E-state index in [4.69, 9.17) is 12.2 Å². The standard InChI is InChI=1S/C19H16N2O3S2/c1-2-12-3-5-13(6-4-12)10-17-18(24)21(19(25)26-17)20-11-14-7-8-15(22)16(23)9-14/h3-11,22-23H,2H2,1H3/b17-10+,20-11+. The van der Waals surface area contributed by atoms with E-state index in [1.165, 1.54) is 35.7 Å². The maximum Gasteiger partial charge on any atom is 0.286 e. The molecule has 0 radical (unpaired) electrons. The van der Waals surface area contributed by atoms with E-state index >= 15 is 0 Å². The predicted octanol–water partition coefficient (Wildman–Crippen LogP) is 3.90. The van der Waals surface area contributed by atoms with E-state index in [0.717, 1.165) is 17.0 Å². The molecule has 0 bridgehead atoms. The number of carbonyl (C=O) groups is 1. The third kappa shape index (κ3) is 3.95. The maximum atomic E-state index is 12.5. The number of amides is 1. The molecule has 132 valence electrons. The zero-order valence-electron chi connectivity index (χ0n) is 13.9. The van der Waals surface area contributed by atoms with Crippen LogP contribution in [0.15, 0.2) is 52.5 Å². The summed E-state index contributed by atoms with van der Waals surface area (Å²) in [5.74, 6) is -0.765. The van der Waals surface area contributed by atoms with Crippen molar-refractivity contribution >= 4 is 46.5 Å². The average Bonchev–Trinajstić information content (AvgIpc) is 2.90. The van der Waals surface area contributed by atoms with Crippen LogP contribution in [0.5, 0.6) is 11.5 Å². The van der Waals surface area contributed by atoms with Crippen LogP contribution < -0.4 is 0 Å². The second kappa shape index (κ2) is 7.72. The first-order valence-electron chi connectivity index (χ1n) is 7.91. The quantitative estimate of drug-likeness (QED) is 0.362. The van der Waals surface area contributed by atoms with Crippen LogP contribution in [-0.2, 0) is 11.2 Å². The van der Waals surface area contributed by atoms with Crippen molar-refractivity contribution in [1.29, 1.82) is 0 Å². The Morgan fingerprint density at radius 2 is 1.81 bits per heavy atom. The molecule has 0 saturated carbocycles. The molecule has 5 nitrogen and oxygen atoms in total. The Labute approximate surface area is 160 Å². The van der Waals surface area contributed by atoms with Gasteiger partial charge in [0.15, 0.2) is 15.8 Å². The zero-order chi connectivity index (χ0) is 18.7. The highest BCUT2D eigenvalue weighted by atomic mass is 32.2. The molecule has 0 atom stereocenters. The number of aryl methyl sites for hydroxylation is 1. The van der Waals surface area contributed by atoms with Crippen molar-refractivity contribution in [2.45, 2.75) is 13.3 Å². The smallest absolute Gasteiger partial charge is 0.286 e. The molecule has 0 unspecified atom stereocenters. The van der Waals surface area contributed by atoms with Gasteiger partial charge in [0.1, 0.15) is 0 Å². The third-order valence-corrected chi connectivity index (χ3v) is 5.06. The fourth-order valence-electron chi connectivity index (χ4n) is 2.31. The van der Waals surface area contributed by atoms with Crippen molar-refractivity contribution in [3.8, 4) is 11.5 Å². The molecule has 2 aromatic rings. The average molecular weight is 384 g/mol. The minimum absolute atomic E-state index is 0.218. The van der Waals surface area contributed by atoms with Crippen molar-refractivity contribution < 1.29 is 15.0 Å².